The van der Waals surface area contributed by atoms with Gasteiger partial charge in [-0.05, 0) is 72.1 Å². The van der Waals surface area contributed by atoms with E-state index in [2.05, 4.69) is 4.90 Å². The lowest BCUT2D eigenvalue weighted by Crippen LogP contribution is -2.20. The molecular formula is C24H22N2O4. The van der Waals surface area contributed by atoms with Crippen molar-refractivity contribution in [3.05, 3.63) is 94.5 Å². The molecule has 6 nitrogen and oxygen atoms in total. The Morgan fingerprint density at radius 2 is 1.63 bits per heavy atom. The molecule has 0 aromatic heterocycles. The second-order valence-corrected chi connectivity index (χ2v) is 7.21. The average Bonchev–Trinajstić information content (AvgIpc) is 3.20. The van der Waals surface area contributed by atoms with Crippen LogP contribution in [-0.4, -0.2) is 30.6 Å². The summed E-state index contributed by atoms with van der Waals surface area (Å²) in [5, 5.41) is 8.72. The van der Waals surface area contributed by atoms with Gasteiger partial charge in [-0.15, -0.1) is 0 Å². The summed E-state index contributed by atoms with van der Waals surface area (Å²) in [4.78, 5) is 26.5. The van der Waals surface area contributed by atoms with Crippen LogP contribution < -0.4 is 15.1 Å². The number of hydrogen-bond donors (Lipinski definition) is 2. The average molecular weight is 402 g/mol. The molecule has 30 heavy (non-hydrogen) atoms. The number of ether oxygens (including phenoxy) is 1. The van der Waals surface area contributed by atoms with Crippen LogP contribution in [0.2, 0.25) is 0 Å². The van der Waals surface area contributed by atoms with Crippen LogP contribution in [0, 0.1) is 0 Å². The number of hydroxylamine groups is 1. The van der Waals surface area contributed by atoms with Gasteiger partial charge in [-0.3, -0.25) is 14.8 Å². The van der Waals surface area contributed by atoms with E-state index < -0.39 is 5.91 Å². The Kier molecular flexibility index (Phi) is 5.50. The molecular weight excluding hydrogens is 380 g/mol. The third-order valence-corrected chi connectivity index (χ3v) is 5.38. The molecule has 1 heterocycles. The highest BCUT2D eigenvalue weighted by Crippen LogP contribution is 2.31. The Morgan fingerprint density at radius 3 is 2.30 bits per heavy atom. The fraction of sp³-hybridized carbons (Fsp3) is 0.167. The molecule has 1 aliphatic heterocycles. The topological polar surface area (TPSA) is 78.9 Å². The van der Waals surface area contributed by atoms with Gasteiger partial charge in [0.2, 0.25) is 0 Å². The normalized spacial score (nSPS) is 12.4. The lowest BCUT2D eigenvalue weighted by atomic mass is 10.00. The highest BCUT2D eigenvalue weighted by molar-refractivity contribution is 6.09. The first-order valence-electron chi connectivity index (χ1n) is 9.69. The zero-order chi connectivity index (χ0) is 21.1. The van der Waals surface area contributed by atoms with Gasteiger partial charge in [-0.25, -0.2) is 5.48 Å². The number of ketones is 1. The Bertz CT molecular complexity index is 1080. The number of anilines is 1. The molecule has 0 saturated carbocycles. The standard InChI is InChI=1S/C24H22N2O4/c1-30-21-9-6-17(7-10-21)23(27)20-8-11-22-19(14-20)12-13-26(22)15-16-2-4-18(5-3-16)24(28)25-29/h2-11,14,29H,12-13,15H2,1H3,(H,25,28). The number of rotatable bonds is 6. The number of nitrogens with zero attached hydrogens (tertiary/aromatic N) is 1. The number of carbonyl (C=O) groups is 2. The van der Waals surface area contributed by atoms with E-state index in [0.717, 1.165) is 35.5 Å². The van der Waals surface area contributed by atoms with Crippen LogP contribution >= 0.6 is 0 Å². The van der Waals surface area contributed by atoms with Crippen LogP contribution in [0.4, 0.5) is 5.69 Å². The quantitative estimate of drug-likeness (QED) is 0.374. The molecule has 1 amide bonds. The Hall–Kier alpha value is -3.64. The monoisotopic (exact) mass is 402 g/mol. The van der Waals surface area contributed by atoms with Crippen LogP contribution in [0.3, 0.4) is 0 Å². The molecule has 4 rings (SSSR count). The predicted molar refractivity (Wildman–Crippen MR) is 113 cm³/mol. The number of nitrogens with one attached hydrogen (secondary N) is 1. The Morgan fingerprint density at radius 1 is 0.967 bits per heavy atom. The summed E-state index contributed by atoms with van der Waals surface area (Å²) in [7, 11) is 1.60. The van der Waals surface area contributed by atoms with Gasteiger partial charge in [-0.1, -0.05) is 12.1 Å². The molecule has 152 valence electrons. The Balaban J connectivity index is 1.49. The van der Waals surface area contributed by atoms with Crippen molar-refractivity contribution in [2.75, 3.05) is 18.6 Å². The van der Waals surface area contributed by atoms with Crippen LogP contribution in [-0.2, 0) is 13.0 Å². The molecule has 3 aromatic rings. The van der Waals surface area contributed by atoms with Crippen LogP contribution in [0.1, 0.15) is 37.4 Å². The fourth-order valence-corrected chi connectivity index (χ4v) is 3.73. The van der Waals surface area contributed by atoms with Crippen molar-refractivity contribution in [3.63, 3.8) is 0 Å². The van der Waals surface area contributed by atoms with E-state index in [4.69, 9.17) is 9.94 Å². The summed E-state index contributed by atoms with van der Waals surface area (Å²) < 4.78 is 5.15. The lowest BCUT2D eigenvalue weighted by molar-refractivity contribution is 0.0706. The molecule has 1 aliphatic rings. The fourth-order valence-electron chi connectivity index (χ4n) is 3.73. The second kappa shape index (κ2) is 8.39. The summed E-state index contributed by atoms with van der Waals surface area (Å²) in [5.41, 5.74) is 6.71. The summed E-state index contributed by atoms with van der Waals surface area (Å²) in [6.07, 6.45) is 0.879. The van der Waals surface area contributed by atoms with Crippen molar-refractivity contribution in [2.45, 2.75) is 13.0 Å². The molecule has 0 saturated heterocycles. The van der Waals surface area contributed by atoms with Gasteiger partial charge in [0.15, 0.2) is 5.78 Å². The van der Waals surface area contributed by atoms with E-state index in [-0.39, 0.29) is 5.78 Å². The number of methoxy groups -OCH3 is 1. The lowest BCUT2D eigenvalue weighted by Gasteiger charge is -2.20. The number of hydrogen-bond acceptors (Lipinski definition) is 5. The molecule has 0 aliphatic carbocycles. The molecule has 0 unspecified atom stereocenters. The first-order valence-corrected chi connectivity index (χ1v) is 9.69. The molecule has 0 spiro atoms. The van der Waals surface area contributed by atoms with Gasteiger partial charge in [0.1, 0.15) is 5.75 Å². The molecule has 0 radical (unpaired) electrons. The van der Waals surface area contributed by atoms with E-state index in [1.807, 2.05) is 30.3 Å². The molecule has 3 aromatic carbocycles. The van der Waals surface area contributed by atoms with Crippen LogP contribution in [0.15, 0.2) is 66.7 Å². The van der Waals surface area contributed by atoms with E-state index in [9.17, 15) is 9.59 Å². The molecule has 0 atom stereocenters. The van der Waals surface area contributed by atoms with E-state index in [1.165, 1.54) is 0 Å². The summed E-state index contributed by atoms with van der Waals surface area (Å²) in [6, 6.07) is 20.1. The highest BCUT2D eigenvalue weighted by atomic mass is 16.5. The van der Waals surface area contributed by atoms with Gasteiger partial charge in [0, 0.05) is 35.5 Å². The van der Waals surface area contributed by atoms with Crippen molar-refractivity contribution in [1.29, 1.82) is 0 Å². The molecule has 0 fully saturated rings. The number of amides is 1. The van der Waals surface area contributed by atoms with Crippen molar-refractivity contribution in [1.82, 2.24) is 5.48 Å². The number of carbonyl (C=O) groups excluding carboxylic acids is 2. The molecule has 2 N–H and O–H groups in total. The van der Waals surface area contributed by atoms with E-state index in [1.54, 1.807) is 49.0 Å². The number of fused-ring (bicyclic) bond motifs is 1. The van der Waals surface area contributed by atoms with Gasteiger partial charge in [0.05, 0.1) is 7.11 Å². The maximum absolute atomic E-state index is 12.8. The zero-order valence-electron chi connectivity index (χ0n) is 16.6. The third-order valence-electron chi connectivity index (χ3n) is 5.38. The minimum atomic E-state index is -0.526. The summed E-state index contributed by atoms with van der Waals surface area (Å²) in [5.74, 6) is 0.194. The predicted octanol–water partition coefficient (Wildman–Crippen LogP) is 3.61. The summed E-state index contributed by atoms with van der Waals surface area (Å²) in [6.45, 7) is 1.58. The minimum Gasteiger partial charge on any atom is -0.497 e. The van der Waals surface area contributed by atoms with Gasteiger partial charge >= 0.3 is 0 Å². The van der Waals surface area contributed by atoms with Crippen LogP contribution in [0.25, 0.3) is 0 Å². The second-order valence-electron chi connectivity index (χ2n) is 7.21. The van der Waals surface area contributed by atoms with E-state index in [0.29, 0.717) is 23.2 Å². The van der Waals surface area contributed by atoms with Crippen molar-refractivity contribution < 1.29 is 19.5 Å². The maximum atomic E-state index is 12.8. The minimum absolute atomic E-state index is 0.00310. The third kappa shape index (κ3) is 3.90. The largest absolute Gasteiger partial charge is 0.497 e. The van der Waals surface area contributed by atoms with Crippen molar-refractivity contribution >= 4 is 17.4 Å². The first-order chi connectivity index (χ1) is 14.6. The Labute approximate surface area is 174 Å². The number of benzene rings is 3. The van der Waals surface area contributed by atoms with E-state index >= 15 is 0 Å². The van der Waals surface area contributed by atoms with Crippen molar-refractivity contribution in [3.8, 4) is 5.75 Å². The van der Waals surface area contributed by atoms with Gasteiger partial charge in [-0.2, -0.15) is 0 Å². The summed E-state index contributed by atoms with van der Waals surface area (Å²) >= 11 is 0. The highest BCUT2D eigenvalue weighted by Gasteiger charge is 2.21. The zero-order valence-corrected chi connectivity index (χ0v) is 16.6. The van der Waals surface area contributed by atoms with Crippen LogP contribution in [0.5, 0.6) is 5.75 Å². The SMILES string of the molecule is COc1ccc(C(=O)c2ccc3c(c2)CCN3Cc2ccc(C(=O)NO)cc2)cc1. The maximum Gasteiger partial charge on any atom is 0.274 e. The first kappa shape index (κ1) is 19.7. The smallest absolute Gasteiger partial charge is 0.274 e. The molecule has 6 heteroatoms. The van der Waals surface area contributed by atoms with Crippen molar-refractivity contribution in [2.24, 2.45) is 0 Å². The van der Waals surface area contributed by atoms with Gasteiger partial charge < -0.3 is 9.64 Å². The van der Waals surface area contributed by atoms with Gasteiger partial charge in [0.25, 0.3) is 5.91 Å². The molecule has 0 bridgehead atoms.